The smallest absolute Gasteiger partial charge is 0.253 e. The lowest BCUT2D eigenvalue weighted by molar-refractivity contribution is 0.266. The van der Waals surface area contributed by atoms with Gasteiger partial charge in [-0.25, -0.2) is 0 Å². The number of anilines is 1. The maximum absolute atomic E-state index is 12.9. The maximum Gasteiger partial charge on any atom is 0.253 e. The van der Waals surface area contributed by atoms with Crippen molar-refractivity contribution >= 4 is 45.5 Å². The Morgan fingerprint density at radius 1 is 1.09 bits per heavy atom. The molecule has 33 heavy (non-hydrogen) atoms. The molecule has 0 aliphatic rings. The highest BCUT2D eigenvalue weighted by atomic mass is 35.5. The second kappa shape index (κ2) is 12.0. The molecule has 0 aliphatic carbocycles. The van der Waals surface area contributed by atoms with Crippen LogP contribution in [0.5, 0.6) is 5.75 Å². The highest BCUT2D eigenvalue weighted by molar-refractivity contribution is 7.80. The number of thiocarbonyl (C=S) groups is 1. The standard InChI is InChI=1S/C25H31ClN4O2S/c1-4-29(5-2)12-13-30(25(33)27-21-9-7-8-20(26)16-21)17-19-14-18-15-22(32-6-3)10-11-23(18)28-24(19)31/h7-11,14-16H,4-6,12-13,17H2,1-3H3,(H,27,33)(H,28,31). The number of likely N-dealkylation sites (N-methyl/N-ethyl adjacent to an activating group) is 1. The number of benzene rings is 2. The topological polar surface area (TPSA) is 60.6 Å². The summed E-state index contributed by atoms with van der Waals surface area (Å²) in [6, 6.07) is 15.0. The molecule has 2 N–H and O–H groups in total. The van der Waals surface area contributed by atoms with E-state index in [1.54, 1.807) is 0 Å². The fourth-order valence-electron chi connectivity index (χ4n) is 3.63. The van der Waals surface area contributed by atoms with Gasteiger partial charge in [-0.1, -0.05) is 31.5 Å². The van der Waals surface area contributed by atoms with E-state index in [1.165, 1.54) is 0 Å². The number of halogens is 1. The van der Waals surface area contributed by atoms with Crippen molar-refractivity contribution in [3.8, 4) is 5.75 Å². The molecular formula is C25H31ClN4O2S. The Morgan fingerprint density at radius 3 is 2.58 bits per heavy atom. The van der Waals surface area contributed by atoms with Crippen LogP contribution in [0.3, 0.4) is 0 Å². The van der Waals surface area contributed by atoms with Crippen LogP contribution in [0.2, 0.25) is 5.02 Å². The van der Waals surface area contributed by atoms with Gasteiger partial charge in [0.1, 0.15) is 5.75 Å². The molecule has 1 aromatic heterocycles. The van der Waals surface area contributed by atoms with Crippen LogP contribution in [0.15, 0.2) is 53.3 Å². The number of rotatable bonds is 10. The Hall–Kier alpha value is -2.61. The summed E-state index contributed by atoms with van der Waals surface area (Å²) in [6.07, 6.45) is 0. The molecule has 0 atom stereocenters. The van der Waals surface area contributed by atoms with Crippen molar-refractivity contribution in [2.45, 2.75) is 27.3 Å². The zero-order valence-electron chi connectivity index (χ0n) is 19.4. The first-order valence-corrected chi connectivity index (χ1v) is 12.0. The van der Waals surface area contributed by atoms with Crippen LogP contribution in [-0.4, -0.2) is 52.7 Å². The molecule has 0 amide bonds. The third kappa shape index (κ3) is 6.93. The second-order valence-corrected chi connectivity index (χ2v) is 8.52. The minimum atomic E-state index is -0.120. The Kier molecular flexibility index (Phi) is 9.11. The molecule has 1 heterocycles. The summed E-state index contributed by atoms with van der Waals surface area (Å²) in [5, 5.41) is 5.37. The highest BCUT2D eigenvalue weighted by Gasteiger charge is 2.15. The van der Waals surface area contributed by atoms with Gasteiger partial charge in [0.15, 0.2) is 5.11 Å². The van der Waals surface area contributed by atoms with Gasteiger partial charge >= 0.3 is 0 Å². The minimum absolute atomic E-state index is 0.120. The number of hydrogen-bond donors (Lipinski definition) is 2. The molecule has 0 unspecified atom stereocenters. The summed E-state index contributed by atoms with van der Waals surface area (Å²) in [5.41, 5.74) is 2.12. The quantitative estimate of drug-likeness (QED) is 0.388. The zero-order chi connectivity index (χ0) is 23.8. The summed E-state index contributed by atoms with van der Waals surface area (Å²) in [4.78, 5) is 20.2. The normalized spacial score (nSPS) is 11.1. The largest absolute Gasteiger partial charge is 0.494 e. The molecule has 8 heteroatoms. The van der Waals surface area contributed by atoms with Gasteiger partial charge in [0.25, 0.3) is 5.56 Å². The molecular weight excluding hydrogens is 456 g/mol. The van der Waals surface area contributed by atoms with Crippen LogP contribution in [0.25, 0.3) is 10.9 Å². The molecule has 2 aromatic carbocycles. The number of aromatic amines is 1. The van der Waals surface area contributed by atoms with E-state index in [0.29, 0.717) is 35.4 Å². The Morgan fingerprint density at radius 2 is 1.88 bits per heavy atom. The predicted octanol–water partition coefficient (Wildman–Crippen LogP) is 5.12. The number of aromatic nitrogens is 1. The molecule has 0 saturated carbocycles. The van der Waals surface area contributed by atoms with Gasteiger partial charge in [0, 0.05) is 40.3 Å². The summed E-state index contributed by atoms with van der Waals surface area (Å²) < 4.78 is 5.62. The van der Waals surface area contributed by atoms with Gasteiger partial charge in [0.2, 0.25) is 0 Å². The van der Waals surface area contributed by atoms with E-state index in [-0.39, 0.29) is 5.56 Å². The molecule has 0 bridgehead atoms. The molecule has 176 valence electrons. The number of nitrogens with one attached hydrogen (secondary N) is 2. The Labute approximate surface area is 205 Å². The van der Waals surface area contributed by atoms with Crippen LogP contribution in [-0.2, 0) is 6.54 Å². The lowest BCUT2D eigenvalue weighted by atomic mass is 10.1. The highest BCUT2D eigenvalue weighted by Crippen LogP contribution is 2.20. The Balaban J connectivity index is 1.87. The number of hydrogen-bond acceptors (Lipinski definition) is 4. The number of nitrogens with zero attached hydrogens (tertiary/aromatic N) is 2. The van der Waals surface area contributed by atoms with Crippen molar-refractivity contribution in [2.75, 3.05) is 38.1 Å². The molecule has 3 rings (SSSR count). The summed E-state index contributed by atoms with van der Waals surface area (Å²) >= 11 is 11.9. The van der Waals surface area contributed by atoms with E-state index in [2.05, 4.69) is 29.0 Å². The lowest BCUT2D eigenvalue weighted by Gasteiger charge is -2.29. The number of H-pyrrole nitrogens is 1. The van der Waals surface area contributed by atoms with Crippen molar-refractivity contribution in [3.05, 3.63) is 69.5 Å². The zero-order valence-corrected chi connectivity index (χ0v) is 20.9. The van der Waals surface area contributed by atoms with Gasteiger partial charge in [-0.3, -0.25) is 4.79 Å². The van der Waals surface area contributed by atoms with E-state index in [9.17, 15) is 4.79 Å². The first kappa shape index (κ1) is 25.0. The van der Waals surface area contributed by atoms with Crippen molar-refractivity contribution in [3.63, 3.8) is 0 Å². The van der Waals surface area contributed by atoms with E-state index < -0.39 is 0 Å². The monoisotopic (exact) mass is 486 g/mol. The molecule has 0 spiro atoms. The number of ether oxygens (including phenoxy) is 1. The third-order valence-corrected chi connectivity index (χ3v) is 6.10. The number of pyridine rings is 1. The van der Waals surface area contributed by atoms with Crippen LogP contribution >= 0.6 is 23.8 Å². The molecule has 0 saturated heterocycles. The Bertz CT molecular complexity index is 1150. The van der Waals surface area contributed by atoms with Gasteiger partial charge in [-0.15, -0.1) is 0 Å². The average Bonchev–Trinajstić information content (AvgIpc) is 2.79. The second-order valence-electron chi connectivity index (χ2n) is 7.69. The third-order valence-electron chi connectivity index (χ3n) is 5.51. The van der Waals surface area contributed by atoms with Crippen LogP contribution < -0.4 is 15.6 Å². The van der Waals surface area contributed by atoms with Crippen LogP contribution in [0.4, 0.5) is 5.69 Å². The molecule has 0 fully saturated rings. The van der Waals surface area contributed by atoms with E-state index in [0.717, 1.165) is 42.0 Å². The molecule has 0 aliphatic heterocycles. The van der Waals surface area contributed by atoms with Crippen molar-refractivity contribution in [2.24, 2.45) is 0 Å². The molecule has 6 nitrogen and oxygen atoms in total. The molecule has 0 radical (unpaired) electrons. The van der Waals surface area contributed by atoms with Gasteiger partial charge in [-0.05, 0) is 74.7 Å². The van der Waals surface area contributed by atoms with Gasteiger partial charge < -0.3 is 24.8 Å². The summed E-state index contributed by atoms with van der Waals surface area (Å²) in [7, 11) is 0. The van der Waals surface area contributed by atoms with E-state index in [1.807, 2.05) is 60.4 Å². The van der Waals surface area contributed by atoms with Crippen molar-refractivity contribution < 1.29 is 4.74 Å². The van der Waals surface area contributed by atoms with Crippen molar-refractivity contribution in [1.29, 1.82) is 0 Å². The first-order chi connectivity index (χ1) is 15.9. The van der Waals surface area contributed by atoms with Gasteiger partial charge in [-0.2, -0.15) is 0 Å². The van der Waals surface area contributed by atoms with Gasteiger partial charge in [0.05, 0.1) is 13.2 Å². The molecule has 3 aromatic rings. The first-order valence-electron chi connectivity index (χ1n) is 11.3. The predicted molar refractivity (Wildman–Crippen MR) is 142 cm³/mol. The fraction of sp³-hybridized carbons (Fsp3) is 0.360. The van der Waals surface area contributed by atoms with Crippen molar-refractivity contribution in [1.82, 2.24) is 14.8 Å². The average molecular weight is 487 g/mol. The SMILES string of the molecule is CCOc1ccc2[nH]c(=O)c(CN(CCN(CC)CC)C(=S)Nc3cccc(Cl)c3)cc2c1. The van der Waals surface area contributed by atoms with E-state index in [4.69, 9.17) is 28.6 Å². The maximum atomic E-state index is 12.9. The van der Waals surface area contributed by atoms with Crippen LogP contribution in [0.1, 0.15) is 26.3 Å². The van der Waals surface area contributed by atoms with Crippen LogP contribution in [0, 0.1) is 0 Å². The summed E-state index contributed by atoms with van der Waals surface area (Å²) in [5.74, 6) is 0.777. The lowest BCUT2D eigenvalue weighted by Crippen LogP contribution is -2.41. The summed E-state index contributed by atoms with van der Waals surface area (Å²) in [6.45, 7) is 10.6. The van der Waals surface area contributed by atoms with E-state index >= 15 is 0 Å². The minimum Gasteiger partial charge on any atom is -0.494 e. The number of fused-ring (bicyclic) bond motifs is 1. The fourth-order valence-corrected chi connectivity index (χ4v) is 4.10.